The molecule has 1 aliphatic rings. The number of esters is 2. The second-order valence-corrected chi connectivity index (χ2v) is 7.53. The first-order chi connectivity index (χ1) is 13.1. The third kappa shape index (κ3) is 11.3. The number of hydrogen-bond acceptors (Lipinski definition) is 4. The van der Waals surface area contributed by atoms with Crippen LogP contribution in [-0.4, -0.2) is 25.2 Å². The van der Waals surface area contributed by atoms with Crippen LogP contribution in [0.4, 0.5) is 0 Å². The van der Waals surface area contributed by atoms with Gasteiger partial charge in [0.2, 0.25) is 0 Å². The lowest BCUT2D eigenvalue weighted by Crippen LogP contribution is -2.14. The fourth-order valence-corrected chi connectivity index (χ4v) is 3.92. The molecule has 1 rings (SSSR count). The zero-order chi connectivity index (χ0) is 22.3. The van der Waals surface area contributed by atoms with E-state index < -0.39 is 0 Å². The van der Waals surface area contributed by atoms with Gasteiger partial charge in [0.1, 0.15) is 0 Å². The van der Waals surface area contributed by atoms with Gasteiger partial charge in [0.05, 0.1) is 13.2 Å². The van der Waals surface area contributed by atoms with E-state index in [0.717, 1.165) is 23.7 Å². The van der Waals surface area contributed by atoms with Crippen LogP contribution in [0.3, 0.4) is 0 Å². The highest BCUT2D eigenvalue weighted by molar-refractivity contribution is 5.87. The molecule has 0 saturated heterocycles. The van der Waals surface area contributed by atoms with Gasteiger partial charge in [-0.25, -0.2) is 9.59 Å². The highest BCUT2D eigenvalue weighted by Gasteiger charge is 2.37. The minimum atomic E-state index is -0.312. The molecule has 0 amide bonds. The minimum absolute atomic E-state index is 0.312. The topological polar surface area (TPSA) is 52.6 Å². The van der Waals surface area contributed by atoms with E-state index in [1.165, 1.54) is 25.7 Å². The van der Waals surface area contributed by atoms with E-state index in [1.54, 1.807) is 27.7 Å². The first kappa shape index (κ1) is 28.6. The molecule has 0 aromatic carbocycles. The summed E-state index contributed by atoms with van der Waals surface area (Å²) in [4.78, 5) is 20.8. The minimum Gasteiger partial charge on any atom is -0.463 e. The third-order valence-electron chi connectivity index (χ3n) is 5.28. The lowest BCUT2D eigenvalue weighted by molar-refractivity contribution is -0.139. The van der Waals surface area contributed by atoms with Gasteiger partial charge in [0, 0.05) is 11.1 Å². The normalized spacial score (nSPS) is 22.7. The molecule has 4 unspecified atom stereocenters. The summed E-state index contributed by atoms with van der Waals surface area (Å²) in [5.41, 5.74) is 0.902. The molecule has 0 aromatic rings. The Morgan fingerprint density at radius 2 is 1.18 bits per heavy atom. The molecular formula is C24H44O4. The van der Waals surface area contributed by atoms with Gasteiger partial charge in [-0.05, 0) is 57.8 Å². The lowest BCUT2D eigenvalue weighted by Gasteiger charge is -2.22. The van der Waals surface area contributed by atoms with Gasteiger partial charge in [0.15, 0.2) is 0 Å². The zero-order valence-corrected chi connectivity index (χ0v) is 19.6. The Labute approximate surface area is 173 Å². The predicted octanol–water partition coefficient (Wildman–Crippen LogP) is 6.36. The van der Waals surface area contributed by atoms with E-state index in [0.29, 0.717) is 24.4 Å². The number of hydrogen-bond donors (Lipinski definition) is 0. The van der Waals surface area contributed by atoms with E-state index in [4.69, 9.17) is 0 Å². The number of rotatable bonds is 7. The van der Waals surface area contributed by atoms with Gasteiger partial charge in [-0.3, -0.25) is 0 Å². The molecule has 4 atom stereocenters. The molecule has 0 radical (unpaired) electrons. The monoisotopic (exact) mass is 396 g/mol. The van der Waals surface area contributed by atoms with Gasteiger partial charge in [-0.15, -0.1) is 0 Å². The van der Waals surface area contributed by atoms with Crippen LogP contribution in [0.5, 0.6) is 0 Å². The second-order valence-electron chi connectivity index (χ2n) is 7.53. The molecule has 0 N–H and O–H groups in total. The maximum absolute atomic E-state index is 10.4. The molecular weight excluding hydrogens is 352 g/mol. The maximum Gasteiger partial charge on any atom is 0.333 e. The fraction of sp³-hybridized carbons (Fsp3) is 0.750. The Kier molecular flexibility index (Phi) is 16.7. The maximum atomic E-state index is 10.4. The highest BCUT2D eigenvalue weighted by Crippen LogP contribution is 2.45. The average Bonchev–Trinajstić information content (AvgIpc) is 2.97. The van der Waals surface area contributed by atoms with Crippen molar-refractivity contribution in [1.29, 1.82) is 0 Å². The summed E-state index contributed by atoms with van der Waals surface area (Å²) in [5.74, 6) is 3.47. The summed E-state index contributed by atoms with van der Waals surface area (Å²) >= 11 is 0. The van der Waals surface area contributed by atoms with Gasteiger partial charge in [-0.2, -0.15) is 0 Å². The molecule has 4 heteroatoms. The molecule has 1 aliphatic carbocycles. The van der Waals surface area contributed by atoms with E-state index in [1.807, 2.05) is 0 Å². The number of carbonyl (C=O) groups excluding carboxylic acids is 2. The molecule has 0 aromatic heterocycles. The van der Waals surface area contributed by atoms with Gasteiger partial charge in [0.25, 0.3) is 0 Å². The Morgan fingerprint density at radius 1 is 0.786 bits per heavy atom. The summed E-state index contributed by atoms with van der Waals surface area (Å²) in [5, 5.41) is 0. The quantitative estimate of drug-likeness (QED) is 0.371. The second kappa shape index (κ2) is 16.4. The molecule has 28 heavy (non-hydrogen) atoms. The van der Waals surface area contributed by atoms with Crippen LogP contribution < -0.4 is 0 Å². The molecule has 0 aliphatic heterocycles. The van der Waals surface area contributed by atoms with Gasteiger partial charge >= 0.3 is 11.9 Å². The molecule has 1 fully saturated rings. The van der Waals surface area contributed by atoms with Crippen LogP contribution in [0.1, 0.15) is 81.1 Å². The standard InChI is InChI=1S/C12H24.2C6H10O2/c1-5-10-8-9(4)11(6-2)12(10)7-3;2*1-4-8-6(7)5(2)3/h9-12H,5-8H2,1-4H3;2*2,4H2,1,3H3. The molecule has 164 valence electrons. The fourth-order valence-electron chi connectivity index (χ4n) is 3.92. The van der Waals surface area contributed by atoms with Crippen molar-refractivity contribution in [2.45, 2.75) is 81.1 Å². The Bertz CT molecular complexity index is 453. The van der Waals surface area contributed by atoms with E-state index in [-0.39, 0.29) is 11.9 Å². The van der Waals surface area contributed by atoms with Gasteiger partial charge < -0.3 is 9.47 Å². The van der Waals surface area contributed by atoms with E-state index in [2.05, 4.69) is 50.3 Å². The third-order valence-corrected chi connectivity index (χ3v) is 5.28. The lowest BCUT2D eigenvalue weighted by atomic mass is 9.83. The van der Waals surface area contributed by atoms with Crippen molar-refractivity contribution in [3.05, 3.63) is 24.3 Å². The SMILES string of the molecule is C=C(C)C(=O)OCC.C=C(C)C(=O)OCC.CCC1CC(C)C(CC)C1CC. The Hall–Kier alpha value is -1.58. The summed E-state index contributed by atoms with van der Waals surface area (Å²) in [7, 11) is 0. The predicted molar refractivity (Wildman–Crippen MR) is 118 cm³/mol. The van der Waals surface area contributed by atoms with Crippen molar-refractivity contribution in [3.8, 4) is 0 Å². The van der Waals surface area contributed by atoms with Crippen LogP contribution in [-0.2, 0) is 19.1 Å². The molecule has 1 saturated carbocycles. The Balaban J connectivity index is 0. The van der Waals surface area contributed by atoms with Crippen molar-refractivity contribution < 1.29 is 19.1 Å². The van der Waals surface area contributed by atoms with Crippen LogP contribution in [0, 0.1) is 23.7 Å². The van der Waals surface area contributed by atoms with Crippen molar-refractivity contribution in [3.63, 3.8) is 0 Å². The summed E-state index contributed by atoms with van der Waals surface area (Å²) < 4.78 is 9.13. The zero-order valence-electron chi connectivity index (χ0n) is 19.6. The van der Waals surface area contributed by atoms with Crippen LogP contribution in [0.2, 0.25) is 0 Å². The van der Waals surface area contributed by atoms with E-state index in [9.17, 15) is 9.59 Å². The first-order valence-electron chi connectivity index (χ1n) is 10.8. The van der Waals surface area contributed by atoms with Crippen molar-refractivity contribution in [2.24, 2.45) is 23.7 Å². The molecule has 4 nitrogen and oxygen atoms in total. The van der Waals surface area contributed by atoms with Crippen molar-refractivity contribution >= 4 is 11.9 Å². The molecule has 0 bridgehead atoms. The molecule has 0 spiro atoms. The Morgan fingerprint density at radius 3 is 1.39 bits per heavy atom. The van der Waals surface area contributed by atoms with Crippen molar-refractivity contribution in [1.82, 2.24) is 0 Å². The molecule has 0 heterocycles. The summed E-state index contributed by atoms with van der Waals surface area (Å²) in [6, 6.07) is 0. The summed E-state index contributed by atoms with van der Waals surface area (Å²) in [6.45, 7) is 24.0. The van der Waals surface area contributed by atoms with Crippen LogP contribution >= 0.6 is 0 Å². The van der Waals surface area contributed by atoms with Crippen molar-refractivity contribution in [2.75, 3.05) is 13.2 Å². The van der Waals surface area contributed by atoms with E-state index >= 15 is 0 Å². The van der Waals surface area contributed by atoms with Crippen LogP contribution in [0.15, 0.2) is 24.3 Å². The first-order valence-corrected chi connectivity index (χ1v) is 10.8. The largest absolute Gasteiger partial charge is 0.463 e. The highest BCUT2D eigenvalue weighted by atomic mass is 16.5. The average molecular weight is 397 g/mol. The number of carbonyl (C=O) groups is 2. The smallest absolute Gasteiger partial charge is 0.333 e. The van der Waals surface area contributed by atoms with Crippen LogP contribution in [0.25, 0.3) is 0 Å². The van der Waals surface area contributed by atoms with Gasteiger partial charge in [-0.1, -0.05) is 60.1 Å². The summed E-state index contributed by atoms with van der Waals surface area (Å²) in [6.07, 6.45) is 5.70. The number of ether oxygens (including phenoxy) is 2.